The Morgan fingerprint density at radius 2 is 1.20 bits per heavy atom. The molecule has 2 aliphatic rings. The van der Waals surface area contributed by atoms with Crippen LogP contribution in [0.1, 0.15) is 101 Å². The fraction of sp³-hybridized carbons (Fsp3) is 0.839. The zero-order valence-electron chi connectivity index (χ0n) is 26.1. The number of hydrogen-bond acceptors (Lipinski definition) is 7. The van der Waals surface area contributed by atoms with E-state index < -0.39 is 29.8 Å². The number of hydrogen-bond donors (Lipinski definition) is 2. The highest BCUT2D eigenvalue weighted by Crippen LogP contribution is 2.38. The molecule has 2 aliphatic carbocycles. The number of carbonyl (C=O) groups excluding carboxylic acids is 4. The lowest BCUT2D eigenvalue weighted by atomic mass is 9.74. The number of hydrazone groups is 1. The molecule has 3 N–H and O–H groups in total. The molecule has 0 unspecified atom stereocenters. The first kappa shape index (κ1) is 33.8. The van der Waals surface area contributed by atoms with Crippen molar-refractivity contribution in [3.63, 3.8) is 0 Å². The van der Waals surface area contributed by atoms with Gasteiger partial charge in [-0.2, -0.15) is 0 Å². The zero-order chi connectivity index (χ0) is 30.3. The van der Waals surface area contributed by atoms with Gasteiger partial charge in [0.2, 0.25) is 5.90 Å². The van der Waals surface area contributed by atoms with E-state index in [4.69, 9.17) is 15.2 Å². The molecule has 0 aromatic carbocycles. The summed E-state index contributed by atoms with van der Waals surface area (Å²) in [5, 5.41) is 4.13. The molecule has 40 heavy (non-hydrogen) atoms. The lowest BCUT2D eigenvalue weighted by Crippen LogP contribution is -2.46. The molecular formula is C31H53N3O6. The first-order valence-corrected chi connectivity index (χ1v) is 15.1. The van der Waals surface area contributed by atoms with Crippen molar-refractivity contribution in [3.8, 4) is 0 Å². The Hall–Kier alpha value is -2.45. The molecule has 228 valence electrons. The number of nitrogens with zero attached hydrogens (tertiary/aromatic N) is 1. The third-order valence-electron chi connectivity index (χ3n) is 9.19. The van der Waals surface area contributed by atoms with Crippen molar-refractivity contribution in [2.75, 3.05) is 0 Å². The molecule has 0 aliphatic heterocycles. The fourth-order valence-electron chi connectivity index (χ4n) is 6.87. The lowest BCUT2D eigenvalue weighted by Gasteiger charge is -2.39. The topological polar surface area (TPSA) is 137 Å². The standard InChI is InChI=1S/C31H53N3O6/c1-16(2)23-12-10-18(5)14-25(23)39-29(33-34-31(32)38)27(21(8)35)20(7)28(22(9)36)30(37)40-26-15-19(6)11-13-24(26)17(3)4/h16-20,23-28H,10-15H2,1-9H3,(H3,32,34,38)/b33-29-/t18-,19-,20-,23+,24-,25-,26-,27-,28-/m1/s1. The summed E-state index contributed by atoms with van der Waals surface area (Å²) in [7, 11) is 0. The Morgan fingerprint density at radius 1 is 0.750 bits per heavy atom. The van der Waals surface area contributed by atoms with Gasteiger partial charge in [0.05, 0.1) is 5.92 Å². The van der Waals surface area contributed by atoms with Crippen LogP contribution in [0.15, 0.2) is 5.10 Å². The second-order valence-corrected chi connectivity index (χ2v) is 13.2. The predicted molar refractivity (Wildman–Crippen MR) is 155 cm³/mol. The van der Waals surface area contributed by atoms with Gasteiger partial charge in [-0.1, -0.05) is 61.3 Å². The number of urea groups is 1. The summed E-state index contributed by atoms with van der Waals surface area (Å²) in [6, 6.07) is -0.901. The second kappa shape index (κ2) is 15.0. The van der Waals surface area contributed by atoms with Crippen LogP contribution in [0.3, 0.4) is 0 Å². The molecule has 2 saturated carbocycles. The van der Waals surface area contributed by atoms with E-state index in [1.807, 2.05) is 0 Å². The summed E-state index contributed by atoms with van der Waals surface area (Å²) in [4.78, 5) is 51.3. The van der Waals surface area contributed by atoms with E-state index in [1.165, 1.54) is 13.8 Å². The van der Waals surface area contributed by atoms with Crippen LogP contribution in [-0.2, 0) is 23.9 Å². The van der Waals surface area contributed by atoms with Gasteiger partial charge in [-0.05, 0) is 81.0 Å². The van der Waals surface area contributed by atoms with Crippen molar-refractivity contribution in [1.82, 2.24) is 5.43 Å². The van der Waals surface area contributed by atoms with E-state index in [9.17, 15) is 19.2 Å². The normalized spacial score (nSPS) is 29.8. The first-order chi connectivity index (χ1) is 18.6. The Labute approximate surface area is 240 Å². The van der Waals surface area contributed by atoms with E-state index in [0.717, 1.165) is 38.5 Å². The maximum atomic E-state index is 13.6. The van der Waals surface area contributed by atoms with Crippen LogP contribution in [0.25, 0.3) is 0 Å². The van der Waals surface area contributed by atoms with Gasteiger partial charge in [0, 0.05) is 0 Å². The molecule has 0 heterocycles. The number of primary amides is 1. The van der Waals surface area contributed by atoms with Crippen molar-refractivity contribution >= 4 is 29.5 Å². The number of nitrogens with two attached hydrogens (primary N) is 1. The maximum absolute atomic E-state index is 13.6. The van der Waals surface area contributed by atoms with Gasteiger partial charge in [0.1, 0.15) is 29.7 Å². The SMILES string of the molecule is CC(=O)[C@H](C(=O)O[C@@H]1C[C@H](C)CC[C@@H]1C(C)C)[C@H](C)[C@H](C(C)=O)/C(=N/NC(N)=O)O[C@@H]1C[C@H](C)CC[C@H]1C(C)C. The van der Waals surface area contributed by atoms with Crippen LogP contribution >= 0.6 is 0 Å². The Bertz CT molecular complexity index is 932. The van der Waals surface area contributed by atoms with Gasteiger partial charge in [-0.25, -0.2) is 10.2 Å². The quantitative estimate of drug-likeness (QED) is 0.112. The van der Waals surface area contributed by atoms with E-state index in [2.05, 4.69) is 52.1 Å². The highest BCUT2D eigenvalue weighted by atomic mass is 16.5. The molecule has 0 radical (unpaired) electrons. The Morgan fingerprint density at radius 3 is 1.60 bits per heavy atom. The molecule has 0 spiro atoms. The maximum Gasteiger partial charge on any atom is 0.332 e. The van der Waals surface area contributed by atoms with Crippen molar-refractivity contribution in [2.24, 2.45) is 64.1 Å². The van der Waals surface area contributed by atoms with Crippen LogP contribution in [-0.4, -0.2) is 41.7 Å². The third-order valence-corrected chi connectivity index (χ3v) is 9.19. The van der Waals surface area contributed by atoms with E-state index in [0.29, 0.717) is 23.7 Å². The van der Waals surface area contributed by atoms with E-state index >= 15 is 0 Å². The average Bonchev–Trinajstić information content (AvgIpc) is 2.81. The predicted octanol–water partition coefficient (Wildman–Crippen LogP) is 5.50. The largest absolute Gasteiger partial charge is 0.476 e. The van der Waals surface area contributed by atoms with Gasteiger partial charge < -0.3 is 15.2 Å². The molecule has 0 aromatic heterocycles. The molecule has 2 rings (SSSR count). The highest BCUT2D eigenvalue weighted by molar-refractivity contribution is 6.04. The van der Waals surface area contributed by atoms with Gasteiger partial charge in [0.25, 0.3) is 0 Å². The number of ether oxygens (including phenoxy) is 2. The van der Waals surface area contributed by atoms with Gasteiger partial charge in [-0.15, -0.1) is 5.10 Å². The first-order valence-electron chi connectivity index (χ1n) is 15.1. The number of carbonyl (C=O) groups is 4. The summed E-state index contributed by atoms with van der Waals surface area (Å²) in [5.74, 6) is -2.44. The molecule has 9 nitrogen and oxygen atoms in total. The molecule has 9 atom stereocenters. The summed E-state index contributed by atoms with van der Waals surface area (Å²) >= 11 is 0. The van der Waals surface area contributed by atoms with Crippen LogP contribution in [0.4, 0.5) is 4.79 Å². The Balaban J connectivity index is 2.41. The van der Waals surface area contributed by atoms with Gasteiger partial charge in [-0.3, -0.25) is 14.4 Å². The second-order valence-electron chi connectivity index (χ2n) is 13.2. The minimum absolute atomic E-state index is 0.0195. The molecule has 0 bridgehead atoms. The summed E-state index contributed by atoms with van der Waals surface area (Å²) in [6.07, 6.45) is 5.10. The van der Waals surface area contributed by atoms with Crippen molar-refractivity contribution in [2.45, 2.75) is 113 Å². The van der Waals surface area contributed by atoms with Crippen LogP contribution in [0.5, 0.6) is 0 Å². The number of Topliss-reactive ketones (excluding diaryl/α,β-unsaturated/α-hetero) is 2. The molecule has 2 fully saturated rings. The summed E-state index contributed by atoms with van der Waals surface area (Å²) < 4.78 is 12.5. The van der Waals surface area contributed by atoms with Crippen molar-refractivity contribution in [1.29, 1.82) is 0 Å². The zero-order valence-corrected chi connectivity index (χ0v) is 26.1. The lowest BCUT2D eigenvalue weighted by molar-refractivity contribution is -0.165. The number of nitrogens with one attached hydrogen (secondary N) is 1. The average molecular weight is 564 g/mol. The third kappa shape index (κ3) is 9.03. The molecule has 2 amide bonds. The van der Waals surface area contributed by atoms with Crippen LogP contribution in [0.2, 0.25) is 0 Å². The fourth-order valence-corrected chi connectivity index (χ4v) is 6.87. The van der Waals surface area contributed by atoms with E-state index in [-0.39, 0.29) is 41.5 Å². The summed E-state index contributed by atoms with van der Waals surface area (Å²) in [5.41, 5.74) is 7.52. The monoisotopic (exact) mass is 563 g/mol. The number of esters is 1. The number of amides is 2. The minimum Gasteiger partial charge on any atom is -0.476 e. The highest BCUT2D eigenvalue weighted by Gasteiger charge is 2.44. The smallest absolute Gasteiger partial charge is 0.332 e. The van der Waals surface area contributed by atoms with E-state index in [1.54, 1.807) is 6.92 Å². The van der Waals surface area contributed by atoms with Crippen molar-refractivity contribution < 1.29 is 28.7 Å². The minimum atomic E-state index is -1.19. The Kier molecular flexibility index (Phi) is 12.6. The van der Waals surface area contributed by atoms with Gasteiger partial charge in [0.15, 0.2) is 0 Å². The number of ketones is 2. The van der Waals surface area contributed by atoms with Crippen molar-refractivity contribution in [3.05, 3.63) is 0 Å². The molecule has 9 heteroatoms. The van der Waals surface area contributed by atoms with Gasteiger partial charge >= 0.3 is 12.0 Å². The molecule has 0 saturated heterocycles. The molecule has 0 aromatic rings. The number of rotatable bonds is 11. The van der Waals surface area contributed by atoms with Crippen LogP contribution in [0, 0.1) is 53.3 Å². The molecular weight excluding hydrogens is 510 g/mol. The van der Waals surface area contributed by atoms with Crippen LogP contribution < -0.4 is 11.2 Å². The summed E-state index contributed by atoms with van der Waals surface area (Å²) in [6.45, 7) is 17.2.